The summed E-state index contributed by atoms with van der Waals surface area (Å²) in [5, 5.41) is 17.5. The number of hydrogen-bond acceptors (Lipinski definition) is 2. The summed E-state index contributed by atoms with van der Waals surface area (Å²) in [7, 11) is 0. The van der Waals surface area contributed by atoms with Gasteiger partial charge in [-0.2, -0.15) is 0 Å². The maximum Gasteiger partial charge on any atom is 0.307 e. The maximum atomic E-state index is 10.8. The predicted molar refractivity (Wildman–Crippen MR) is 58.3 cm³/mol. The molecule has 0 unspecified atom stereocenters. The number of hydrogen-bond donors (Lipinski definition) is 2. The van der Waals surface area contributed by atoms with Crippen molar-refractivity contribution >= 4 is 11.9 Å². The summed E-state index contributed by atoms with van der Waals surface area (Å²) in [6.07, 6.45) is -0.0921. The van der Waals surface area contributed by atoms with Gasteiger partial charge in [0, 0.05) is 0 Å². The molecular formula is C12H14O4. The summed E-state index contributed by atoms with van der Waals surface area (Å²) in [5.41, 5.74) is 1.94. The fourth-order valence-electron chi connectivity index (χ4n) is 1.47. The summed E-state index contributed by atoms with van der Waals surface area (Å²) < 4.78 is 0. The predicted octanol–water partition coefficient (Wildman–Crippen LogP) is 1.71. The Morgan fingerprint density at radius 3 is 2.19 bits per heavy atom. The molecule has 86 valence electrons. The Labute approximate surface area is 93.5 Å². The molecule has 4 nitrogen and oxygen atoms in total. The molecule has 0 fully saturated rings. The van der Waals surface area contributed by atoms with Crippen LogP contribution >= 0.6 is 0 Å². The van der Waals surface area contributed by atoms with Gasteiger partial charge in [-0.1, -0.05) is 29.8 Å². The first-order chi connectivity index (χ1) is 7.49. The largest absolute Gasteiger partial charge is 0.481 e. The summed E-state index contributed by atoms with van der Waals surface area (Å²) in [6, 6.07) is 7.42. The van der Waals surface area contributed by atoms with Crippen molar-refractivity contribution in [1.82, 2.24) is 0 Å². The lowest BCUT2D eigenvalue weighted by atomic mass is 9.96. The first-order valence-corrected chi connectivity index (χ1v) is 4.99. The van der Waals surface area contributed by atoms with Crippen LogP contribution in [0.15, 0.2) is 24.3 Å². The molecule has 4 heteroatoms. The third-order valence-corrected chi connectivity index (χ3v) is 2.37. The molecular weight excluding hydrogens is 208 g/mol. The van der Waals surface area contributed by atoms with Crippen molar-refractivity contribution in [2.24, 2.45) is 5.92 Å². The van der Waals surface area contributed by atoms with Gasteiger partial charge in [0.15, 0.2) is 0 Å². The first kappa shape index (κ1) is 12.2. The van der Waals surface area contributed by atoms with Crippen LogP contribution in [0.1, 0.15) is 17.5 Å². The van der Waals surface area contributed by atoms with E-state index in [1.54, 1.807) is 0 Å². The van der Waals surface area contributed by atoms with E-state index >= 15 is 0 Å². The third kappa shape index (κ3) is 3.73. The highest BCUT2D eigenvalue weighted by Gasteiger charge is 2.21. The molecule has 0 amide bonds. The van der Waals surface area contributed by atoms with Crippen LogP contribution in [0.5, 0.6) is 0 Å². The van der Waals surface area contributed by atoms with Gasteiger partial charge >= 0.3 is 11.9 Å². The maximum absolute atomic E-state index is 10.8. The SMILES string of the molecule is Cc1ccc(C[C@@H](CC(=O)O)C(=O)O)cc1. The van der Waals surface area contributed by atoms with Gasteiger partial charge in [0.25, 0.3) is 0 Å². The number of rotatable bonds is 5. The second-order valence-electron chi connectivity index (χ2n) is 3.82. The van der Waals surface area contributed by atoms with E-state index in [0.717, 1.165) is 11.1 Å². The van der Waals surface area contributed by atoms with E-state index in [4.69, 9.17) is 10.2 Å². The van der Waals surface area contributed by atoms with E-state index in [2.05, 4.69) is 0 Å². The highest BCUT2D eigenvalue weighted by atomic mass is 16.4. The fraction of sp³-hybridized carbons (Fsp3) is 0.333. The Hall–Kier alpha value is -1.84. The molecule has 1 rings (SSSR count). The zero-order chi connectivity index (χ0) is 12.1. The number of carbonyl (C=O) groups is 2. The zero-order valence-electron chi connectivity index (χ0n) is 9.01. The van der Waals surface area contributed by atoms with E-state index in [-0.39, 0.29) is 12.8 Å². The van der Waals surface area contributed by atoms with Crippen molar-refractivity contribution in [3.05, 3.63) is 35.4 Å². The number of benzene rings is 1. The molecule has 1 aromatic carbocycles. The van der Waals surface area contributed by atoms with Gasteiger partial charge in [0.2, 0.25) is 0 Å². The molecule has 0 bridgehead atoms. The Balaban J connectivity index is 2.71. The van der Waals surface area contributed by atoms with E-state index in [1.807, 2.05) is 31.2 Å². The van der Waals surface area contributed by atoms with E-state index < -0.39 is 17.9 Å². The van der Waals surface area contributed by atoms with Gasteiger partial charge in [0.05, 0.1) is 12.3 Å². The fourth-order valence-corrected chi connectivity index (χ4v) is 1.47. The number of aryl methyl sites for hydroxylation is 1. The van der Waals surface area contributed by atoms with Gasteiger partial charge in [0.1, 0.15) is 0 Å². The summed E-state index contributed by atoms with van der Waals surface area (Å²) in [4.78, 5) is 21.3. The van der Waals surface area contributed by atoms with Crippen molar-refractivity contribution in [2.75, 3.05) is 0 Å². The van der Waals surface area contributed by atoms with Crippen LogP contribution in [0.4, 0.5) is 0 Å². The summed E-state index contributed by atoms with van der Waals surface area (Å²) in [6.45, 7) is 1.94. The van der Waals surface area contributed by atoms with Gasteiger partial charge in [-0.3, -0.25) is 9.59 Å². The Bertz CT molecular complexity index is 381. The lowest BCUT2D eigenvalue weighted by Crippen LogP contribution is -2.20. The van der Waals surface area contributed by atoms with Crippen LogP contribution in [-0.4, -0.2) is 22.2 Å². The molecule has 0 aliphatic heterocycles. The molecule has 1 atom stereocenters. The molecule has 0 aliphatic carbocycles. The van der Waals surface area contributed by atoms with Crippen LogP contribution in [0.25, 0.3) is 0 Å². The minimum atomic E-state index is -1.08. The molecule has 0 saturated heterocycles. The first-order valence-electron chi connectivity index (χ1n) is 4.99. The summed E-state index contributed by atoms with van der Waals surface area (Å²) in [5.74, 6) is -3.01. The average molecular weight is 222 g/mol. The average Bonchev–Trinajstić information content (AvgIpc) is 2.19. The second-order valence-corrected chi connectivity index (χ2v) is 3.82. The van der Waals surface area contributed by atoms with Gasteiger partial charge in [-0.15, -0.1) is 0 Å². The van der Waals surface area contributed by atoms with Crippen molar-refractivity contribution in [3.63, 3.8) is 0 Å². The molecule has 0 aliphatic rings. The molecule has 0 radical (unpaired) electrons. The Kier molecular flexibility index (Phi) is 4.05. The van der Waals surface area contributed by atoms with Crippen LogP contribution in [0, 0.1) is 12.8 Å². The molecule has 0 heterocycles. The van der Waals surface area contributed by atoms with Crippen molar-refractivity contribution in [1.29, 1.82) is 0 Å². The molecule has 0 spiro atoms. The molecule has 16 heavy (non-hydrogen) atoms. The molecule has 0 saturated carbocycles. The van der Waals surface area contributed by atoms with Crippen molar-refractivity contribution in [3.8, 4) is 0 Å². The minimum Gasteiger partial charge on any atom is -0.481 e. The Morgan fingerprint density at radius 1 is 1.19 bits per heavy atom. The quantitative estimate of drug-likeness (QED) is 0.795. The van der Waals surface area contributed by atoms with Gasteiger partial charge < -0.3 is 10.2 Å². The van der Waals surface area contributed by atoms with E-state index in [1.165, 1.54) is 0 Å². The molecule has 2 N–H and O–H groups in total. The van der Waals surface area contributed by atoms with Gasteiger partial charge in [-0.25, -0.2) is 0 Å². The minimum absolute atomic E-state index is 0.252. The smallest absolute Gasteiger partial charge is 0.307 e. The van der Waals surface area contributed by atoms with E-state index in [9.17, 15) is 9.59 Å². The number of aliphatic carboxylic acids is 2. The van der Waals surface area contributed by atoms with Crippen molar-refractivity contribution < 1.29 is 19.8 Å². The van der Waals surface area contributed by atoms with Gasteiger partial charge in [-0.05, 0) is 18.9 Å². The standard InChI is InChI=1S/C12H14O4/c1-8-2-4-9(5-3-8)6-10(12(15)16)7-11(13)14/h2-5,10H,6-7H2,1H3,(H,13,14)(H,15,16)/t10-/m0/s1. The highest BCUT2D eigenvalue weighted by Crippen LogP contribution is 2.13. The monoisotopic (exact) mass is 222 g/mol. The number of carboxylic acid groups (broad SMARTS) is 2. The topological polar surface area (TPSA) is 74.6 Å². The second kappa shape index (κ2) is 5.30. The number of carboxylic acids is 2. The van der Waals surface area contributed by atoms with Crippen LogP contribution in [0.3, 0.4) is 0 Å². The van der Waals surface area contributed by atoms with Crippen molar-refractivity contribution in [2.45, 2.75) is 19.8 Å². The summed E-state index contributed by atoms with van der Waals surface area (Å²) >= 11 is 0. The van der Waals surface area contributed by atoms with Crippen LogP contribution in [0.2, 0.25) is 0 Å². The lowest BCUT2D eigenvalue weighted by Gasteiger charge is -2.09. The van der Waals surface area contributed by atoms with Crippen LogP contribution in [-0.2, 0) is 16.0 Å². The highest BCUT2D eigenvalue weighted by molar-refractivity contribution is 5.78. The molecule has 0 aromatic heterocycles. The Morgan fingerprint density at radius 2 is 1.75 bits per heavy atom. The normalized spacial score (nSPS) is 12.1. The van der Waals surface area contributed by atoms with E-state index in [0.29, 0.717) is 0 Å². The molecule has 1 aromatic rings. The van der Waals surface area contributed by atoms with Crippen LogP contribution < -0.4 is 0 Å². The lowest BCUT2D eigenvalue weighted by molar-refractivity contribution is -0.148. The third-order valence-electron chi connectivity index (χ3n) is 2.37. The zero-order valence-corrected chi connectivity index (χ0v) is 9.01.